The summed E-state index contributed by atoms with van der Waals surface area (Å²) in [7, 11) is 1.77. The van der Waals surface area contributed by atoms with Crippen LogP contribution in [0.1, 0.15) is 5.56 Å². The number of rotatable bonds is 3. The van der Waals surface area contributed by atoms with Gasteiger partial charge in [0.15, 0.2) is 0 Å². The number of nitrogens with one attached hydrogen (secondary N) is 1. The number of thioether (sulfide) groups is 1. The van der Waals surface area contributed by atoms with Crippen molar-refractivity contribution in [3.05, 3.63) is 42.0 Å². The summed E-state index contributed by atoms with van der Waals surface area (Å²) in [5.74, 6) is 3.59. The fourth-order valence-corrected chi connectivity index (χ4v) is 3.85. The number of fused-ring (bicyclic) bond motifs is 1. The molecule has 0 atom stereocenters. The highest BCUT2D eigenvalue weighted by molar-refractivity contribution is 7.99. The summed E-state index contributed by atoms with van der Waals surface area (Å²) in [4.78, 5) is 1.67. The summed E-state index contributed by atoms with van der Waals surface area (Å²) in [5, 5.41) is 2.65. The van der Waals surface area contributed by atoms with Crippen molar-refractivity contribution in [1.82, 2.24) is 0 Å². The first-order valence-corrected chi connectivity index (χ1v) is 8.00. The largest absolute Gasteiger partial charge is 0.496 e. The van der Waals surface area contributed by atoms with Crippen LogP contribution in [0.5, 0.6) is 5.75 Å². The van der Waals surface area contributed by atoms with Crippen molar-refractivity contribution in [2.24, 2.45) is 0 Å². The van der Waals surface area contributed by atoms with Crippen molar-refractivity contribution < 1.29 is 9.64 Å². The van der Waals surface area contributed by atoms with E-state index in [1.165, 1.54) is 40.9 Å². The van der Waals surface area contributed by atoms with E-state index >= 15 is 0 Å². The van der Waals surface area contributed by atoms with E-state index in [-0.39, 0.29) is 0 Å². The average molecular weight is 274 g/mol. The zero-order chi connectivity index (χ0) is 13.1. The fourth-order valence-electron chi connectivity index (χ4n) is 2.78. The van der Waals surface area contributed by atoms with Gasteiger partial charge in [0.1, 0.15) is 12.3 Å². The first-order chi connectivity index (χ1) is 9.38. The lowest BCUT2D eigenvalue weighted by molar-refractivity contribution is -0.910. The molecule has 0 spiro atoms. The predicted octanol–water partition coefficient (Wildman–Crippen LogP) is 1.98. The van der Waals surface area contributed by atoms with Crippen LogP contribution in [0.25, 0.3) is 10.8 Å². The SMILES string of the molecule is COc1ccc2ccccc2c1C[NH+]1CCSCC1. The van der Waals surface area contributed by atoms with E-state index in [0.29, 0.717) is 0 Å². The smallest absolute Gasteiger partial charge is 0.128 e. The van der Waals surface area contributed by atoms with E-state index in [9.17, 15) is 0 Å². The molecule has 1 N–H and O–H groups in total. The Bertz CT molecular complexity index is 564. The highest BCUT2D eigenvalue weighted by Crippen LogP contribution is 2.27. The molecule has 1 aliphatic rings. The second-order valence-electron chi connectivity index (χ2n) is 5.01. The Morgan fingerprint density at radius 1 is 1.11 bits per heavy atom. The van der Waals surface area contributed by atoms with Gasteiger partial charge in [-0.05, 0) is 16.8 Å². The highest BCUT2D eigenvalue weighted by atomic mass is 32.2. The Labute approximate surface area is 118 Å². The number of methoxy groups -OCH3 is 1. The number of ether oxygens (including phenoxy) is 1. The van der Waals surface area contributed by atoms with Crippen LogP contribution in [0.2, 0.25) is 0 Å². The summed E-state index contributed by atoms with van der Waals surface area (Å²) < 4.78 is 5.58. The first kappa shape index (κ1) is 12.8. The monoisotopic (exact) mass is 274 g/mol. The lowest BCUT2D eigenvalue weighted by Gasteiger charge is -2.24. The Kier molecular flexibility index (Phi) is 3.95. The van der Waals surface area contributed by atoms with E-state index in [4.69, 9.17) is 4.74 Å². The third kappa shape index (κ3) is 2.72. The Balaban J connectivity index is 1.98. The molecule has 3 rings (SSSR count). The second-order valence-corrected chi connectivity index (χ2v) is 6.23. The zero-order valence-electron chi connectivity index (χ0n) is 11.3. The van der Waals surface area contributed by atoms with Gasteiger partial charge in [0.2, 0.25) is 0 Å². The van der Waals surface area contributed by atoms with Crippen LogP contribution < -0.4 is 9.64 Å². The van der Waals surface area contributed by atoms with Crippen LogP contribution >= 0.6 is 11.8 Å². The van der Waals surface area contributed by atoms with Gasteiger partial charge in [0, 0.05) is 11.5 Å². The van der Waals surface area contributed by atoms with Crippen molar-refractivity contribution in [3.63, 3.8) is 0 Å². The third-order valence-electron chi connectivity index (χ3n) is 3.84. The molecule has 0 aliphatic carbocycles. The van der Waals surface area contributed by atoms with Crippen LogP contribution in [-0.2, 0) is 6.54 Å². The molecular formula is C16H20NOS+. The van der Waals surface area contributed by atoms with E-state index in [0.717, 1.165) is 12.3 Å². The molecule has 0 bridgehead atoms. The molecule has 0 aromatic heterocycles. The predicted molar refractivity (Wildman–Crippen MR) is 82.2 cm³/mol. The van der Waals surface area contributed by atoms with Gasteiger partial charge in [-0.3, -0.25) is 0 Å². The fraction of sp³-hybridized carbons (Fsp3) is 0.375. The number of hydrogen-bond donors (Lipinski definition) is 1. The number of hydrogen-bond acceptors (Lipinski definition) is 2. The van der Waals surface area contributed by atoms with E-state index < -0.39 is 0 Å². The molecular weight excluding hydrogens is 254 g/mol. The normalized spacial score (nSPS) is 16.7. The summed E-state index contributed by atoms with van der Waals surface area (Å²) >= 11 is 2.07. The van der Waals surface area contributed by atoms with Crippen molar-refractivity contribution >= 4 is 22.5 Å². The molecule has 2 nitrogen and oxygen atoms in total. The van der Waals surface area contributed by atoms with Gasteiger partial charge in [0.05, 0.1) is 25.8 Å². The first-order valence-electron chi connectivity index (χ1n) is 6.84. The number of benzene rings is 2. The van der Waals surface area contributed by atoms with Crippen molar-refractivity contribution in [2.75, 3.05) is 31.7 Å². The minimum atomic E-state index is 1.03. The molecule has 1 fully saturated rings. The zero-order valence-corrected chi connectivity index (χ0v) is 12.1. The molecule has 100 valence electrons. The Morgan fingerprint density at radius 3 is 2.68 bits per heavy atom. The molecule has 2 aromatic carbocycles. The van der Waals surface area contributed by atoms with Crippen molar-refractivity contribution in [2.45, 2.75) is 6.54 Å². The number of quaternary nitrogens is 1. The summed E-state index contributed by atoms with van der Waals surface area (Å²) in [6.45, 7) is 3.60. The Hall–Kier alpha value is -1.19. The molecule has 0 radical (unpaired) electrons. The summed E-state index contributed by atoms with van der Waals surface area (Å²) in [5.41, 5.74) is 1.36. The molecule has 0 saturated carbocycles. The van der Waals surface area contributed by atoms with E-state index in [2.05, 4.69) is 48.2 Å². The van der Waals surface area contributed by atoms with Crippen molar-refractivity contribution in [3.8, 4) is 5.75 Å². The quantitative estimate of drug-likeness (QED) is 0.919. The van der Waals surface area contributed by atoms with Crippen LogP contribution in [0.4, 0.5) is 0 Å². The van der Waals surface area contributed by atoms with Gasteiger partial charge in [-0.2, -0.15) is 11.8 Å². The maximum absolute atomic E-state index is 5.58. The van der Waals surface area contributed by atoms with E-state index in [1.54, 1.807) is 12.0 Å². The molecule has 1 aliphatic heterocycles. The second kappa shape index (κ2) is 5.85. The topological polar surface area (TPSA) is 13.7 Å². The standard InChI is InChI=1S/C16H19NOS/c1-18-16-7-6-13-4-2-3-5-14(13)15(16)12-17-8-10-19-11-9-17/h2-7H,8-12H2,1H3/p+1. The highest BCUT2D eigenvalue weighted by Gasteiger charge is 2.18. The molecule has 0 unspecified atom stereocenters. The van der Waals surface area contributed by atoms with Crippen LogP contribution in [0, 0.1) is 0 Å². The van der Waals surface area contributed by atoms with Gasteiger partial charge < -0.3 is 9.64 Å². The van der Waals surface area contributed by atoms with Gasteiger partial charge >= 0.3 is 0 Å². The van der Waals surface area contributed by atoms with Crippen LogP contribution in [-0.4, -0.2) is 31.7 Å². The molecule has 0 amide bonds. The molecule has 2 aromatic rings. The van der Waals surface area contributed by atoms with Crippen molar-refractivity contribution in [1.29, 1.82) is 0 Å². The van der Waals surface area contributed by atoms with Crippen LogP contribution in [0.3, 0.4) is 0 Å². The average Bonchev–Trinajstić information content (AvgIpc) is 2.49. The molecule has 19 heavy (non-hydrogen) atoms. The van der Waals surface area contributed by atoms with Gasteiger partial charge in [-0.15, -0.1) is 0 Å². The minimum Gasteiger partial charge on any atom is -0.496 e. The van der Waals surface area contributed by atoms with Gasteiger partial charge in [-0.1, -0.05) is 30.3 Å². The summed E-state index contributed by atoms with van der Waals surface area (Å²) in [6.07, 6.45) is 0. The maximum Gasteiger partial charge on any atom is 0.128 e. The summed E-state index contributed by atoms with van der Waals surface area (Å²) in [6, 6.07) is 12.9. The third-order valence-corrected chi connectivity index (χ3v) is 4.83. The molecule has 1 heterocycles. The molecule has 3 heteroatoms. The lowest BCUT2D eigenvalue weighted by atomic mass is 10.0. The van der Waals surface area contributed by atoms with Gasteiger partial charge in [-0.25, -0.2) is 0 Å². The maximum atomic E-state index is 5.58. The van der Waals surface area contributed by atoms with Crippen LogP contribution in [0.15, 0.2) is 36.4 Å². The minimum absolute atomic E-state index is 1.03. The molecule has 1 saturated heterocycles. The Morgan fingerprint density at radius 2 is 1.89 bits per heavy atom. The lowest BCUT2D eigenvalue weighted by Crippen LogP contribution is -3.12. The van der Waals surface area contributed by atoms with Gasteiger partial charge in [0.25, 0.3) is 0 Å². The van der Waals surface area contributed by atoms with E-state index in [1.807, 2.05) is 0 Å².